The van der Waals surface area contributed by atoms with Crippen molar-refractivity contribution in [2.75, 3.05) is 13.1 Å². The average Bonchev–Trinajstić information content (AvgIpc) is 2.66. The van der Waals surface area contributed by atoms with Crippen molar-refractivity contribution in [3.8, 4) is 11.1 Å². The van der Waals surface area contributed by atoms with Crippen LogP contribution in [0.1, 0.15) is 37.3 Å². The number of carbonyl (C=O) groups is 1. The van der Waals surface area contributed by atoms with Crippen LogP contribution < -0.4 is 0 Å². The number of halogens is 4. The molecule has 2 heterocycles. The van der Waals surface area contributed by atoms with Gasteiger partial charge >= 0.3 is 6.18 Å². The van der Waals surface area contributed by atoms with Crippen LogP contribution in [0.5, 0.6) is 0 Å². The van der Waals surface area contributed by atoms with Crippen LogP contribution in [0.15, 0.2) is 36.8 Å². The second-order valence-corrected chi connectivity index (χ2v) is 7.00. The van der Waals surface area contributed by atoms with E-state index in [2.05, 4.69) is 9.97 Å². The van der Waals surface area contributed by atoms with Gasteiger partial charge in [-0.2, -0.15) is 13.2 Å². The summed E-state index contributed by atoms with van der Waals surface area (Å²) in [5.41, 5.74) is 2.36. The van der Waals surface area contributed by atoms with Gasteiger partial charge in [-0.1, -0.05) is 29.8 Å². The third-order valence-corrected chi connectivity index (χ3v) is 5.02. The smallest absolute Gasteiger partial charge is 0.342 e. The molecular formula is C19H19ClF3N3O. The second-order valence-electron chi connectivity index (χ2n) is 6.60. The van der Waals surface area contributed by atoms with Crippen molar-refractivity contribution in [2.24, 2.45) is 0 Å². The SMILES string of the molecule is O=C(CCC(F)(F)F)N1CCCC(c2ncncc2-c2ccccc2Cl)C1. The van der Waals surface area contributed by atoms with Crippen molar-refractivity contribution < 1.29 is 18.0 Å². The summed E-state index contributed by atoms with van der Waals surface area (Å²) in [7, 11) is 0. The number of hydrogen-bond donors (Lipinski definition) is 0. The minimum atomic E-state index is -4.32. The Bertz CT molecular complexity index is 813. The number of alkyl halides is 3. The van der Waals surface area contributed by atoms with Crippen molar-refractivity contribution in [2.45, 2.75) is 37.8 Å². The van der Waals surface area contributed by atoms with Gasteiger partial charge in [0.2, 0.25) is 5.91 Å². The molecule has 0 aliphatic carbocycles. The maximum Gasteiger partial charge on any atom is 0.389 e. The fourth-order valence-electron chi connectivity index (χ4n) is 3.39. The Balaban J connectivity index is 1.79. The molecule has 144 valence electrons. The van der Waals surface area contributed by atoms with Gasteiger partial charge in [0.1, 0.15) is 6.33 Å². The number of hydrogen-bond acceptors (Lipinski definition) is 3. The Morgan fingerprint density at radius 1 is 1.26 bits per heavy atom. The zero-order valence-corrected chi connectivity index (χ0v) is 15.3. The molecule has 3 rings (SSSR count). The lowest BCUT2D eigenvalue weighted by Crippen LogP contribution is -2.39. The van der Waals surface area contributed by atoms with Crippen molar-refractivity contribution in [1.82, 2.24) is 14.9 Å². The molecule has 0 saturated carbocycles. The van der Waals surface area contributed by atoms with Crippen LogP contribution in [-0.2, 0) is 4.79 Å². The number of aromatic nitrogens is 2. The minimum absolute atomic E-state index is 0.0668. The minimum Gasteiger partial charge on any atom is -0.342 e. The van der Waals surface area contributed by atoms with Gasteiger partial charge < -0.3 is 4.90 Å². The van der Waals surface area contributed by atoms with Crippen molar-refractivity contribution in [3.05, 3.63) is 47.5 Å². The largest absolute Gasteiger partial charge is 0.389 e. The predicted molar refractivity (Wildman–Crippen MR) is 96.3 cm³/mol. The van der Waals surface area contributed by atoms with Crippen LogP contribution in [0.3, 0.4) is 0 Å². The van der Waals surface area contributed by atoms with Crippen LogP contribution >= 0.6 is 11.6 Å². The lowest BCUT2D eigenvalue weighted by molar-refractivity contribution is -0.149. The number of nitrogens with zero attached hydrogens (tertiary/aromatic N) is 3. The van der Waals surface area contributed by atoms with Crippen LogP contribution in [0.2, 0.25) is 5.02 Å². The first kappa shape index (κ1) is 19.6. The molecule has 1 atom stereocenters. The van der Waals surface area contributed by atoms with Gasteiger partial charge in [0, 0.05) is 47.8 Å². The summed E-state index contributed by atoms with van der Waals surface area (Å²) in [5, 5.41) is 0.572. The van der Waals surface area contributed by atoms with Gasteiger partial charge in [0.15, 0.2) is 0 Å². The zero-order valence-electron chi connectivity index (χ0n) is 14.5. The second kappa shape index (κ2) is 8.25. The summed E-state index contributed by atoms with van der Waals surface area (Å²) in [6.07, 6.45) is -1.28. The van der Waals surface area contributed by atoms with E-state index in [1.54, 1.807) is 12.3 Å². The predicted octanol–water partition coefficient (Wildman–Crippen LogP) is 4.85. The molecular weight excluding hydrogens is 379 g/mol. The van der Waals surface area contributed by atoms with Crippen LogP contribution in [-0.4, -0.2) is 40.0 Å². The first-order chi connectivity index (χ1) is 12.8. The molecule has 4 nitrogen and oxygen atoms in total. The molecule has 1 fully saturated rings. The molecule has 0 spiro atoms. The average molecular weight is 398 g/mol. The van der Waals surface area contributed by atoms with Gasteiger partial charge in [-0.25, -0.2) is 9.97 Å². The van der Waals surface area contributed by atoms with Crippen LogP contribution in [0.25, 0.3) is 11.1 Å². The zero-order chi connectivity index (χ0) is 19.4. The van der Waals surface area contributed by atoms with E-state index < -0.39 is 24.9 Å². The quantitative estimate of drug-likeness (QED) is 0.741. The molecule has 0 N–H and O–H groups in total. The van der Waals surface area contributed by atoms with E-state index in [0.29, 0.717) is 24.5 Å². The highest BCUT2D eigenvalue weighted by molar-refractivity contribution is 6.33. The number of carbonyl (C=O) groups excluding carboxylic acids is 1. The Labute approximate surface area is 160 Å². The summed E-state index contributed by atoms with van der Waals surface area (Å²) in [6, 6.07) is 7.35. The summed E-state index contributed by atoms with van der Waals surface area (Å²) in [5.74, 6) is -0.534. The number of rotatable bonds is 4. The molecule has 1 aromatic heterocycles. The number of likely N-dealkylation sites (tertiary alicyclic amines) is 1. The van der Waals surface area contributed by atoms with Crippen LogP contribution in [0, 0.1) is 0 Å². The first-order valence-corrected chi connectivity index (χ1v) is 9.12. The van der Waals surface area contributed by atoms with Gasteiger partial charge in [-0.3, -0.25) is 4.79 Å². The molecule has 27 heavy (non-hydrogen) atoms. The fraction of sp³-hybridized carbons (Fsp3) is 0.421. The molecule has 1 amide bonds. The summed E-state index contributed by atoms with van der Waals surface area (Å²) >= 11 is 6.31. The van der Waals surface area contributed by atoms with Gasteiger partial charge in [-0.15, -0.1) is 0 Å². The molecule has 8 heteroatoms. The number of amides is 1. The topological polar surface area (TPSA) is 46.1 Å². The molecule has 0 radical (unpaired) electrons. The van der Waals surface area contributed by atoms with Crippen molar-refractivity contribution in [3.63, 3.8) is 0 Å². The number of benzene rings is 1. The molecule has 1 aromatic carbocycles. The third kappa shape index (κ3) is 4.97. The van der Waals surface area contributed by atoms with E-state index >= 15 is 0 Å². The van der Waals surface area contributed by atoms with Gasteiger partial charge in [0.25, 0.3) is 0 Å². The standard InChI is InChI=1S/C19H19ClF3N3O/c20-16-6-2-1-5-14(16)15-10-24-12-25-18(15)13-4-3-9-26(11-13)17(27)7-8-19(21,22)23/h1-2,5-6,10,12-13H,3-4,7-9,11H2. The van der Waals surface area contributed by atoms with Crippen molar-refractivity contribution in [1.29, 1.82) is 0 Å². The summed E-state index contributed by atoms with van der Waals surface area (Å²) in [4.78, 5) is 22.2. The highest BCUT2D eigenvalue weighted by Crippen LogP contribution is 2.35. The summed E-state index contributed by atoms with van der Waals surface area (Å²) in [6.45, 7) is 0.824. The van der Waals surface area contributed by atoms with E-state index in [4.69, 9.17) is 11.6 Å². The maximum absolute atomic E-state index is 12.4. The fourth-order valence-corrected chi connectivity index (χ4v) is 3.62. The monoisotopic (exact) mass is 397 g/mol. The van der Waals surface area contributed by atoms with Gasteiger partial charge in [0.05, 0.1) is 12.1 Å². The van der Waals surface area contributed by atoms with Crippen LogP contribution in [0.4, 0.5) is 13.2 Å². The van der Waals surface area contributed by atoms with E-state index in [0.717, 1.165) is 23.2 Å². The van der Waals surface area contributed by atoms with E-state index in [1.807, 2.05) is 18.2 Å². The van der Waals surface area contributed by atoms with E-state index in [1.165, 1.54) is 11.2 Å². The Kier molecular flexibility index (Phi) is 5.99. The third-order valence-electron chi connectivity index (χ3n) is 4.69. The van der Waals surface area contributed by atoms with Gasteiger partial charge in [-0.05, 0) is 18.9 Å². The Hall–Kier alpha value is -2.15. The normalized spacial score (nSPS) is 17.8. The Morgan fingerprint density at radius 3 is 2.78 bits per heavy atom. The highest BCUT2D eigenvalue weighted by atomic mass is 35.5. The lowest BCUT2D eigenvalue weighted by Gasteiger charge is -2.33. The molecule has 1 aliphatic rings. The van der Waals surface area contributed by atoms with Crippen molar-refractivity contribution >= 4 is 17.5 Å². The summed E-state index contributed by atoms with van der Waals surface area (Å²) < 4.78 is 37.2. The molecule has 1 aliphatic heterocycles. The number of piperidine rings is 1. The molecule has 1 unspecified atom stereocenters. The highest BCUT2D eigenvalue weighted by Gasteiger charge is 2.32. The first-order valence-electron chi connectivity index (χ1n) is 8.74. The molecule has 0 bridgehead atoms. The molecule has 1 saturated heterocycles. The van der Waals surface area contributed by atoms with E-state index in [-0.39, 0.29) is 5.92 Å². The maximum atomic E-state index is 12.4. The Morgan fingerprint density at radius 2 is 2.04 bits per heavy atom. The lowest BCUT2D eigenvalue weighted by atomic mass is 9.89. The van der Waals surface area contributed by atoms with E-state index in [9.17, 15) is 18.0 Å². The molecule has 2 aromatic rings.